The van der Waals surface area contributed by atoms with Crippen molar-refractivity contribution in [1.29, 1.82) is 0 Å². The SMILES string of the molecule is Cc1c(COc2ccccc2)cccc1NC(=O)NNC(=O)C1CCC1. The summed E-state index contributed by atoms with van der Waals surface area (Å²) in [5.74, 6) is 0.686. The van der Waals surface area contributed by atoms with E-state index in [0.717, 1.165) is 36.1 Å². The molecule has 2 aromatic rings. The van der Waals surface area contributed by atoms with Crippen LogP contribution in [0.25, 0.3) is 0 Å². The van der Waals surface area contributed by atoms with Crippen molar-refractivity contribution in [1.82, 2.24) is 10.9 Å². The summed E-state index contributed by atoms with van der Waals surface area (Å²) in [6.07, 6.45) is 2.84. The highest BCUT2D eigenvalue weighted by Crippen LogP contribution is 2.26. The Hall–Kier alpha value is -3.02. The third kappa shape index (κ3) is 4.53. The molecule has 3 amide bonds. The van der Waals surface area contributed by atoms with E-state index in [4.69, 9.17) is 4.74 Å². The highest BCUT2D eigenvalue weighted by atomic mass is 16.5. The van der Waals surface area contributed by atoms with Gasteiger partial charge >= 0.3 is 6.03 Å². The van der Waals surface area contributed by atoms with Gasteiger partial charge in [-0.3, -0.25) is 10.2 Å². The van der Waals surface area contributed by atoms with Gasteiger partial charge in [-0.05, 0) is 49.1 Å². The third-order valence-electron chi connectivity index (χ3n) is 4.61. The largest absolute Gasteiger partial charge is 0.489 e. The summed E-state index contributed by atoms with van der Waals surface area (Å²) in [5.41, 5.74) is 7.44. The smallest absolute Gasteiger partial charge is 0.337 e. The molecule has 1 saturated carbocycles. The summed E-state index contributed by atoms with van der Waals surface area (Å²) < 4.78 is 5.77. The Morgan fingerprint density at radius 1 is 1.04 bits per heavy atom. The molecule has 26 heavy (non-hydrogen) atoms. The van der Waals surface area contributed by atoms with E-state index in [9.17, 15) is 9.59 Å². The van der Waals surface area contributed by atoms with E-state index in [1.807, 2.05) is 55.5 Å². The lowest BCUT2D eigenvalue weighted by atomic mass is 9.85. The van der Waals surface area contributed by atoms with E-state index in [1.165, 1.54) is 0 Å². The van der Waals surface area contributed by atoms with Crippen molar-refractivity contribution in [3.63, 3.8) is 0 Å². The first-order valence-electron chi connectivity index (χ1n) is 8.76. The number of anilines is 1. The second-order valence-corrected chi connectivity index (χ2v) is 6.39. The standard InChI is InChI=1S/C20H23N3O3/c1-14-16(13-26-17-10-3-2-4-11-17)9-6-12-18(14)21-20(25)23-22-19(24)15-7-5-8-15/h2-4,6,9-12,15H,5,7-8,13H2,1H3,(H,22,24)(H2,21,23,25). The first kappa shape index (κ1) is 17.8. The highest BCUT2D eigenvalue weighted by molar-refractivity contribution is 5.92. The van der Waals surface area contributed by atoms with Crippen LogP contribution in [0.5, 0.6) is 5.75 Å². The second kappa shape index (κ2) is 8.38. The minimum absolute atomic E-state index is 0.0236. The topological polar surface area (TPSA) is 79.5 Å². The van der Waals surface area contributed by atoms with Crippen LogP contribution in [0.15, 0.2) is 48.5 Å². The number of benzene rings is 2. The predicted octanol–water partition coefficient (Wildman–Crippen LogP) is 3.53. The Labute approximate surface area is 152 Å². The van der Waals surface area contributed by atoms with Gasteiger partial charge in [0.15, 0.2) is 0 Å². The van der Waals surface area contributed by atoms with Gasteiger partial charge in [0.05, 0.1) is 0 Å². The van der Waals surface area contributed by atoms with E-state index >= 15 is 0 Å². The minimum atomic E-state index is -0.470. The predicted molar refractivity (Wildman–Crippen MR) is 99.6 cm³/mol. The molecule has 0 aromatic heterocycles. The molecular weight excluding hydrogens is 330 g/mol. The Morgan fingerprint density at radius 2 is 1.81 bits per heavy atom. The number of hydrazine groups is 1. The molecule has 0 spiro atoms. The zero-order valence-corrected chi connectivity index (χ0v) is 14.7. The fourth-order valence-corrected chi connectivity index (χ4v) is 2.70. The summed E-state index contributed by atoms with van der Waals surface area (Å²) >= 11 is 0. The zero-order chi connectivity index (χ0) is 18.4. The molecule has 2 aromatic carbocycles. The number of carbonyl (C=O) groups is 2. The van der Waals surface area contributed by atoms with Gasteiger partial charge < -0.3 is 10.1 Å². The molecule has 1 aliphatic rings. The number of hydrogen-bond donors (Lipinski definition) is 3. The number of hydrogen-bond acceptors (Lipinski definition) is 3. The molecule has 0 aliphatic heterocycles. The van der Waals surface area contributed by atoms with Crippen LogP contribution in [0.1, 0.15) is 30.4 Å². The molecule has 0 heterocycles. The van der Waals surface area contributed by atoms with E-state index in [1.54, 1.807) is 0 Å². The van der Waals surface area contributed by atoms with Gasteiger partial charge in [-0.15, -0.1) is 0 Å². The second-order valence-electron chi connectivity index (χ2n) is 6.39. The average molecular weight is 353 g/mol. The fraction of sp³-hybridized carbons (Fsp3) is 0.300. The number of urea groups is 1. The van der Waals surface area contributed by atoms with Gasteiger partial charge in [0.2, 0.25) is 5.91 Å². The summed E-state index contributed by atoms with van der Waals surface area (Å²) in [6, 6.07) is 14.7. The lowest BCUT2D eigenvalue weighted by Gasteiger charge is -2.24. The number of ether oxygens (including phenoxy) is 1. The van der Waals surface area contributed by atoms with Gasteiger partial charge in [-0.2, -0.15) is 0 Å². The quantitative estimate of drug-likeness (QED) is 0.720. The van der Waals surface area contributed by atoms with Crippen LogP contribution in [0.2, 0.25) is 0 Å². The fourth-order valence-electron chi connectivity index (χ4n) is 2.70. The monoisotopic (exact) mass is 353 g/mol. The maximum atomic E-state index is 12.0. The summed E-state index contributed by atoms with van der Waals surface area (Å²) in [6.45, 7) is 2.33. The normalized spacial score (nSPS) is 13.4. The molecule has 136 valence electrons. The van der Waals surface area contributed by atoms with Gasteiger partial charge in [-0.25, -0.2) is 10.2 Å². The Morgan fingerprint density at radius 3 is 2.50 bits per heavy atom. The lowest BCUT2D eigenvalue weighted by molar-refractivity contribution is -0.128. The molecule has 0 unspecified atom stereocenters. The van der Waals surface area contributed by atoms with Crippen molar-refractivity contribution in [2.75, 3.05) is 5.32 Å². The van der Waals surface area contributed by atoms with Crippen molar-refractivity contribution in [3.05, 3.63) is 59.7 Å². The number of para-hydroxylation sites is 1. The van der Waals surface area contributed by atoms with Crippen molar-refractivity contribution >= 4 is 17.6 Å². The van der Waals surface area contributed by atoms with Gasteiger partial charge in [0, 0.05) is 11.6 Å². The maximum Gasteiger partial charge on any atom is 0.337 e. The molecule has 3 N–H and O–H groups in total. The van der Waals surface area contributed by atoms with Gasteiger partial charge in [-0.1, -0.05) is 36.8 Å². The van der Waals surface area contributed by atoms with Crippen LogP contribution >= 0.6 is 0 Å². The lowest BCUT2D eigenvalue weighted by Crippen LogP contribution is -2.47. The van der Waals surface area contributed by atoms with Gasteiger partial charge in [0.1, 0.15) is 12.4 Å². The molecule has 6 nitrogen and oxygen atoms in total. The van der Waals surface area contributed by atoms with Gasteiger partial charge in [0.25, 0.3) is 0 Å². The first-order valence-corrected chi connectivity index (χ1v) is 8.76. The molecule has 0 radical (unpaired) electrons. The number of rotatable bonds is 5. The molecule has 0 saturated heterocycles. The number of nitrogens with one attached hydrogen (secondary N) is 3. The van der Waals surface area contributed by atoms with Crippen LogP contribution in [0, 0.1) is 12.8 Å². The molecule has 1 aliphatic carbocycles. The van der Waals surface area contributed by atoms with E-state index in [-0.39, 0.29) is 11.8 Å². The summed E-state index contributed by atoms with van der Waals surface area (Å²) in [5, 5.41) is 2.76. The van der Waals surface area contributed by atoms with Crippen molar-refractivity contribution < 1.29 is 14.3 Å². The Kier molecular flexibility index (Phi) is 5.73. The molecule has 6 heteroatoms. The third-order valence-corrected chi connectivity index (χ3v) is 4.61. The Bertz CT molecular complexity index is 773. The molecule has 3 rings (SSSR count). The van der Waals surface area contributed by atoms with Crippen LogP contribution < -0.4 is 20.9 Å². The van der Waals surface area contributed by atoms with Crippen LogP contribution in [0.3, 0.4) is 0 Å². The summed E-state index contributed by atoms with van der Waals surface area (Å²) in [4.78, 5) is 23.8. The van der Waals surface area contributed by atoms with Crippen molar-refractivity contribution in [2.45, 2.75) is 32.8 Å². The number of amides is 3. The molecule has 0 bridgehead atoms. The molecule has 1 fully saturated rings. The van der Waals surface area contributed by atoms with E-state index in [2.05, 4.69) is 16.2 Å². The van der Waals surface area contributed by atoms with E-state index < -0.39 is 6.03 Å². The minimum Gasteiger partial charge on any atom is -0.489 e. The van der Waals surface area contributed by atoms with Crippen molar-refractivity contribution in [3.8, 4) is 5.75 Å². The average Bonchev–Trinajstić information content (AvgIpc) is 2.60. The molecule has 0 atom stereocenters. The van der Waals surface area contributed by atoms with Crippen LogP contribution in [-0.2, 0) is 11.4 Å². The highest BCUT2D eigenvalue weighted by Gasteiger charge is 2.25. The van der Waals surface area contributed by atoms with E-state index in [0.29, 0.717) is 12.3 Å². The first-order chi connectivity index (χ1) is 12.6. The number of carbonyl (C=O) groups excluding carboxylic acids is 2. The molecular formula is C20H23N3O3. The Balaban J connectivity index is 1.54. The van der Waals surface area contributed by atoms with Crippen LogP contribution in [-0.4, -0.2) is 11.9 Å². The summed E-state index contributed by atoms with van der Waals surface area (Å²) in [7, 11) is 0. The van der Waals surface area contributed by atoms with Crippen LogP contribution in [0.4, 0.5) is 10.5 Å². The maximum absolute atomic E-state index is 12.0. The van der Waals surface area contributed by atoms with Crippen molar-refractivity contribution in [2.24, 2.45) is 5.92 Å². The zero-order valence-electron chi connectivity index (χ0n) is 14.7.